The number of aromatic nitrogens is 3. The zero-order valence-electron chi connectivity index (χ0n) is 16.3. The van der Waals surface area contributed by atoms with Crippen molar-refractivity contribution in [3.63, 3.8) is 0 Å². The SMILES string of the molecule is CC(c1ccccc1)N1Cc2cc3c(-c4ccc(C#N)nc4)n[nH]c3cc2NC1=O. The molecule has 0 saturated heterocycles. The molecule has 30 heavy (non-hydrogen) atoms. The number of nitrogens with one attached hydrogen (secondary N) is 2. The van der Waals surface area contributed by atoms with Crippen LogP contribution in [-0.2, 0) is 6.54 Å². The Kier molecular flexibility index (Phi) is 4.18. The third-order valence-electron chi connectivity index (χ3n) is 5.53. The molecule has 146 valence electrons. The normalized spacial score (nSPS) is 14.1. The van der Waals surface area contributed by atoms with Crippen molar-refractivity contribution in [2.24, 2.45) is 0 Å². The Morgan fingerprint density at radius 3 is 2.73 bits per heavy atom. The van der Waals surface area contributed by atoms with Gasteiger partial charge in [-0.15, -0.1) is 0 Å². The molecule has 0 aliphatic carbocycles. The first kappa shape index (κ1) is 17.9. The Bertz CT molecular complexity index is 1290. The van der Waals surface area contributed by atoms with Crippen LogP contribution >= 0.6 is 0 Å². The lowest BCUT2D eigenvalue weighted by Gasteiger charge is -2.34. The topological polar surface area (TPSA) is 97.7 Å². The standard InChI is InChI=1S/C23H18N6O/c1-14(15-5-3-2-4-6-15)29-13-17-9-19-21(10-20(17)26-23(29)30)27-28-22(19)16-7-8-18(11-24)25-12-16/h2-10,12,14H,13H2,1H3,(H,26,30)(H,27,28). The van der Waals surface area contributed by atoms with Gasteiger partial charge in [-0.2, -0.15) is 10.4 Å². The van der Waals surface area contributed by atoms with Gasteiger partial charge in [-0.05, 0) is 42.3 Å². The van der Waals surface area contributed by atoms with Crippen LogP contribution in [0.5, 0.6) is 0 Å². The van der Waals surface area contributed by atoms with Crippen molar-refractivity contribution in [3.05, 3.63) is 77.6 Å². The fourth-order valence-corrected chi connectivity index (χ4v) is 3.84. The number of nitriles is 1. The number of pyridine rings is 1. The van der Waals surface area contributed by atoms with Crippen molar-refractivity contribution in [3.8, 4) is 17.3 Å². The van der Waals surface area contributed by atoms with Gasteiger partial charge >= 0.3 is 6.03 Å². The van der Waals surface area contributed by atoms with E-state index in [9.17, 15) is 4.79 Å². The summed E-state index contributed by atoms with van der Waals surface area (Å²) in [5, 5.41) is 20.4. The molecular formula is C23H18N6O. The molecule has 2 aromatic carbocycles. The van der Waals surface area contributed by atoms with Gasteiger partial charge in [-0.25, -0.2) is 9.78 Å². The molecule has 4 aromatic rings. The number of fused-ring (bicyclic) bond motifs is 2. The highest BCUT2D eigenvalue weighted by atomic mass is 16.2. The minimum atomic E-state index is -0.116. The second-order valence-electron chi connectivity index (χ2n) is 7.32. The smallest absolute Gasteiger partial charge is 0.313 e. The molecule has 7 nitrogen and oxygen atoms in total. The largest absolute Gasteiger partial charge is 0.322 e. The fraction of sp³-hybridized carbons (Fsp3) is 0.130. The zero-order chi connectivity index (χ0) is 20.7. The Hall–Kier alpha value is -4.18. The van der Waals surface area contributed by atoms with E-state index in [1.807, 2.05) is 60.4 Å². The average Bonchev–Trinajstić information content (AvgIpc) is 3.20. The number of hydrogen-bond donors (Lipinski definition) is 2. The van der Waals surface area contributed by atoms with Gasteiger partial charge in [-0.1, -0.05) is 30.3 Å². The molecule has 0 bridgehead atoms. The molecule has 2 N–H and O–H groups in total. The van der Waals surface area contributed by atoms with Crippen molar-refractivity contribution < 1.29 is 4.79 Å². The summed E-state index contributed by atoms with van der Waals surface area (Å²) in [6.07, 6.45) is 1.65. The highest BCUT2D eigenvalue weighted by molar-refractivity contribution is 6.00. The number of H-pyrrole nitrogens is 1. The maximum Gasteiger partial charge on any atom is 0.322 e. The van der Waals surface area contributed by atoms with Crippen LogP contribution in [0.25, 0.3) is 22.2 Å². The van der Waals surface area contributed by atoms with E-state index in [0.29, 0.717) is 12.2 Å². The summed E-state index contributed by atoms with van der Waals surface area (Å²) in [4.78, 5) is 18.7. The first-order valence-electron chi connectivity index (χ1n) is 9.64. The van der Waals surface area contributed by atoms with Gasteiger partial charge in [-0.3, -0.25) is 5.10 Å². The van der Waals surface area contributed by atoms with E-state index in [-0.39, 0.29) is 12.1 Å². The number of anilines is 1. The molecule has 0 radical (unpaired) electrons. The minimum Gasteiger partial charge on any atom is -0.313 e. The first-order valence-corrected chi connectivity index (χ1v) is 9.64. The Labute approximate surface area is 173 Å². The van der Waals surface area contributed by atoms with Gasteiger partial charge in [0.2, 0.25) is 0 Å². The van der Waals surface area contributed by atoms with Gasteiger partial charge in [0.15, 0.2) is 0 Å². The Morgan fingerprint density at radius 1 is 1.17 bits per heavy atom. The van der Waals surface area contributed by atoms with Gasteiger partial charge in [0.1, 0.15) is 17.5 Å². The summed E-state index contributed by atoms with van der Waals surface area (Å²) < 4.78 is 0. The van der Waals surface area contributed by atoms with Crippen LogP contribution in [0, 0.1) is 11.3 Å². The van der Waals surface area contributed by atoms with Crippen LogP contribution in [0.4, 0.5) is 10.5 Å². The number of nitrogens with zero attached hydrogens (tertiary/aromatic N) is 4. The van der Waals surface area contributed by atoms with E-state index in [0.717, 1.165) is 39.0 Å². The number of aromatic amines is 1. The molecule has 2 amide bonds. The predicted molar refractivity (Wildman–Crippen MR) is 113 cm³/mol. The molecule has 2 aromatic heterocycles. The minimum absolute atomic E-state index is 0.0541. The van der Waals surface area contributed by atoms with E-state index in [1.54, 1.807) is 12.3 Å². The van der Waals surface area contributed by atoms with E-state index in [4.69, 9.17) is 5.26 Å². The second kappa shape index (κ2) is 7.01. The number of carbonyl (C=O) groups is 1. The molecule has 1 aliphatic rings. The number of rotatable bonds is 3. The van der Waals surface area contributed by atoms with E-state index in [1.165, 1.54) is 0 Å². The summed E-state index contributed by atoms with van der Waals surface area (Å²) in [5.41, 5.74) is 5.69. The molecule has 5 rings (SSSR count). The fourth-order valence-electron chi connectivity index (χ4n) is 3.84. The second-order valence-corrected chi connectivity index (χ2v) is 7.32. The molecule has 7 heteroatoms. The van der Waals surface area contributed by atoms with Crippen LogP contribution in [0.2, 0.25) is 0 Å². The number of urea groups is 1. The van der Waals surface area contributed by atoms with E-state index < -0.39 is 0 Å². The van der Waals surface area contributed by atoms with Gasteiger partial charge in [0.05, 0.1) is 18.1 Å². The molecular weight excluding hydrogens is 376 g/mol. The number of benzene rings is 2. The lowest BCUT2D eigenvalue weighted by atomic mass is 10.0. The summed E-state index contributed by atoms with van der Waals surface area (Å²) in [5.74, 6) is 0. The van der Waals surface area contributed by atoms with Crippen LogP contribution in [0.3, 0.4) is 0 Å². The van der Waals surface area contributed by atoms with E-state index >= 15 is 0 Å². The van der Waals surface area contributed by atoms with Gasteiger partial charge < -0.3 is 10.2 Å². The molecule has 1 atom stereocenters. The monoisotopic (exact) mass is 394 g/mol. The number of hydrogen-bond acceptors (Lipinski definition) is 4. The van der Waals surface area contributed by atoms with Gasteiger partial charge in [0.25, 0.3) is 0 Å². The molecule has 0 fully saturated rings. The summed E-state index contributed by atoms with van der Waals surface area (Å²) in [6, 6.07) is 19.3. The Morgan fingerprint density at radius 2 is 2.00 bits per heavy atom. The van der Waals surface area contributed by atoms with Crippen LogP contribution in [0.1, 0.15) is 29.8 Å². The molecule has 3 heterocycles. The quantitative estimate of drug-likeness (QED) is 0.530. The highest BCUT2D eigenvalue weighted by Gasteiger charge is 2.28. The van der Waals surface area contributed by atoms with Crippen molar-refractivity contribution in [2.75, 3.05) is 5.32 Å². The van der Waals surface area contributed by atoms with Crippen molar-refractivity contribution in [2.45, 2.75) is 19.5 Å². The van der Waals surface area contributed by atoms with E-state index in [2.05, 4.69) is 26.6 Å². The zero-order valence-corrected chi connectivity index (χ0v) is 16.3. The molecule has 1 unspecified atom stereocenters. The first-order chi connectivity index (χ1) is 14.6. The summed E-state index contributed by atoms with van der Waals surface area (Å²) in [7, 11) is 0. The lowest BCUT2D eigenvalue weighted by Crippen LogP contribution is -2.40. The maximum absolute atomic E-state index is 12.7. The van der Waals surface area contributed by atoms with Crippen molar-refractivity contribution in [1.82, 2.24) is 20.1 Å². The summed E-state index contributed by atoms with van der Waals surface area (Å²) in [6.45, 7) is 2.54. The lowest BCUT2D eigenvalue weighted by molar-refractivity contribution is 0.186. The number of carbonyl (C=O) groups excluding carboxylic acids is 1. The van der Waals surface area contributed by atoms with Crippen LogP contribution < -0.4 is 5.32 Å². The third kappa shape index (κ3) is 2.95. The molecule has 1 aliphatic heterocycles. The molecule has 0 saturated carbocycles. The highest BCUT2D eigenvalue weighted by Crippen LogP contribution is 2.35. The maximum atomic E-state index is 12.7. The van der Waals surface area contributed by atoms with Gasteiger partial charge in [0, 0.05) is 22.8 Å². The van der Waals surface area contributed by atoms with Crippen LogP contribution in [-0.4, -0.2) is 26.1 Å². The third-order valence-corrected chi connectivity index (χ3v) is 5.53. The predicted octanol–water partition coefficient (Wildman–Crippen LogP) is 4.61. The van der Waals surface area contributed by atoms with Crippen LogP contribution in [0.15, 0.2) is 60.8 Å². The van der Waals surface area contributed by atoms with Crippen molar-refractivity contribution >= 4 is 22.6 Å². The average molecular weight is 394 g/mol. The number of amides is 2. The summed E-state index contributed by atoms with van der Waals surface area (Å²) >= 11 is 0. The Balaban J connectivity index is 1.53. The van der Waals surface area contributed by atoms with Crippen molar-refractivity contribution in [1.29, 1.82) is 5.26 Å². The molecule has 0 spiro atoms.